The molecule has 11 rings (SSSR count). The van der Waals surface area contributed by atoms with Crippen molar-refractivity contribution in [2.24, 2.45) is 0 Å². The third-order valence-electron chi connectivity index (χ3n) is 8.90. The van der Waals surface area contributed by atoms with Crippen molar-refractivity contribution >= 4 is 65.4 Å². The van der Waals surface area contributed by atoms with Crippen LogP contribution in [0.5, 0.6) is 0 Å². The number of benzene rings is 7. The van der Waals surface area contributed by atoms with Crippen LogP contribution in [0.4, 0.5) is 0 Å². The predicted molar refractivity (Wildman–Crippen MR) is 215 cm³/mol. The number of para-hydroxylation sites is 6. The molecule has 0 unspecified atom stereocenters. The monoisotopic (exact) mass is 688 g/mol. The van der Waals surface area contributed by atoms with Crippen LogP contribution in [0.2, 0.25) is 0 Å². The van der Waals surface area contributed by atoms with E-state index in [-0.39, 0.29) is 82.9 Å². The first-order valence-electron chi connectivity index (χ1n) is 27.3. The minimum Gasteiger partial charge on any atom is -0.309 e. The van der Waals surface area contributed by atoms with Gasteiger partial charge in [-0.05, 0) is 55.3 Å². The van der Waals surface area contributed by atoms with E-state index in [9.17, 15) is 9.60 Å². The molecule has 0 atom stereocenters. The fourth-order valence-electron chi connectivity index (χ4n) is 6.78. The molecular formula is C47H31N5. The molecule has 4 aromatic heterocycles. The molecule has 0 radical (unpaired) electrons. The summed E-state index contributed by atoms with van der Waals surface area (Å²) < 4.78 is 209. The Kier molecular flexibility index (Phi) is 3.03. The van der Waals surface area contributed by atoms with Crippen molar-refractivity contribution in [1.82, 2.24) is 23.7 Å². The molecule has 0 saturated heterocycles. The number of hydrogen-bond acceptors (Lipinski definition) is 2. The van der Waals surface area contributed by atoms with Crippen molar-refractivity contribution < 1.29 is 31.5 Å². The van der Waals surface area contributed by atoms with Gasteiger partial charge in [-0.1, -0.05) is 120 Å². The van der Waals surface area contributed by atoms with Crippen LogP contribution in [0.25, 0.3) is 94.1 Å². The SMILES string of the molecule is [2H]c1c([2H])c([2H])c2c(c1[2H])c1c([2H])c([2H])c([2H])c([2H])c1n2-c1cc(-c2ccccc2-n2c3c([2H])c([2H])c([2H])c([2H])c3c3c([2H])c([2H])c([2H])c([2H])c32)nc(-n2c3c([2H])c([2H])c([2H])c([2H])c3c3c([2H])c(C)c([2H])c([2H])c32)n1. The smallest absolute Gasteiger partial charge is 0.237 e. The van der Waals surface area contributed by atoms with Gasteiger partial charge in [-0.2, -0.15) is 4.98 Å². The van der Waals surface area contributed by atoms with E-state index in [1.807, 2.05) is 0 Å². The zero-order chi connectivity index (χ0) is 54.4. The zero-order valence-corrected chi connectivity index (χ0v) is 26.6. The molecule has 0 spiro atoms. The van der Waals surface area contributed by atoms with Crippen LogP contribution >= 0.6 is 0 Å². The summed E-state index contributed by atoms with van der Waals surface area (Å²) in [6.45, 7) is 1.39. The van der Waals surface area contributed by atoms with Gasteiger partial charge in [0, 0.05) is 43.9 Å². The summed E-state index contributed by atoms with van der Waals surface area (Å²) in [5.41, 5.74) is -2.38. The summed E-state index contributed by atoms with van der Waals surface area (Å²) in [7, 11) is 0. The van der Waals surface area contributed by atoms with Gasteiger partial charge in [-0.15, -0.1) is 0 Å². The molecule has 0 saturated carbocycles. The van der Waals surface area contributed by atoms with Gasteiger partial charge in [0.2, 0.25) is 5.95 Å². The van der Waals surface area contributed by atoms with Crippen molar-refractivity contribution in [2.45, 2.75) is 6.92 Å². The Hall–Kier alpha value is -6.98. The molecule has 52 heavy (non-hydrogen) atoms. The highest BCUT2D eigenvalue weighted by Crippen LogP contribution is 2.39. The molecule has 4 heterocycles. The van der Waals surface area contributed by atoms with E-state index in [4.69, 9.17) is 31.9 Å². The quantitative estimate of drug-likeness (QED) is 0.185. The van der Waals surface area contributed by atoms with Gasteiger partial charge < -0.3 is 4.57 Å². The molecular weight excluding hydrogens is 635 g/mol. The highest BCUT2D eigenvalue weighted by Gasteiger charge is 2.21. The Morgan fingerprint density at radius 3 is 1.50 bits per heavy atom. The lowest BCUT2D eigenvalue weighted by Crippen LogP contribution is -2.08. The van der Waals surface area contributed by atoms with E-state index in [2.05, 4.69) is 0 Å². The average Bonchev–Trinajstić information content (AvgIpc) is 4.10. The highest BCUT2D eigenvalue weighted by atomic mass is 15.2. The first-order valence-corrected chi connectivity index (χ1v) is 15.8. The van der Waals surface area contributed by atoms with Gasteiger partial charge in [0.25, 0.3) is 0 Å². The van der Waals surface area contributed by atoms with E-state index < -0.39 is 156 Å². The Morgan fingerprint density at radius 1 is 0.462 bits per heavy atom. The number of hydrogen-bond donors (Lipinski definition) is 0. The molecule has 0 N–H and O–H groups in total. The maximum atomic E-state index is 9.37. The van der Waals surface area contributed by atoms with Crippen LogP contribution in [-0.4, -0.2) is 23.7 Å². The van der Waals surface area contributed by atoms with Crippen molar-refractivity contribution in [2.75, 3.05) is 0 Å². The standard InChI is InChI=1S/C47H31N5/c1-30-26-27-45-37(28-30)35-18-6-12-24-43(35)52(45)47-48-38(29-46(49-47)51-41-22-10-4-16-33(41)34-17-5-11-23-42(34)51)36-19-7-13-25-44(36)50-39-20-8-2-14-31(39)32-15-3-9-21-40(32)50/h2-29H,1H3/i2D,3D,4D,5D,6D,8D,9D,10D,11D,12D,14D,15D,16D,17D,18D,20D,21D,22D,23D,24D,26D,27D,28D. The van der Waals surface area contributed by atoms with Crippen LogP contribution in [-0.2, 0) is 0 Å². The Morgan fingerprint density at radius 2 is 0.923 bits per heavy atom. The van der Waals surface area contributed by atoms with E-state index in [0.717, 1.165) is 9.13 Å². The molecule has 7 aromatic carbocycles. The second-order valence-corrected chi connectivity index (χ2v) is 11.8. The third kappa shape index (κ3) is 4.11. The van der Waals surface area contributed by atoms with E-state index >= 15 is 0 Å². The Bertz CT molecular complexity index is 4130. The minimum absolute atomic E-state index is 0.0149. The predicted octanol–water partition coefficient (Wildman–Crippen LogP) is 11.7. The van der Waals surface area contributed by atoms with Crippen molar-refractivity contribution in [1.29, 1.82) is 0 Å². The normalized spacial score (nSPS) is 18.1. The lowest BCUT2D eigenvalue weighted by Gasteiger charge is -2.16. The molecule has 11 aromatic rings. The summed E-state index contributed by atoms with van der Waals surface area (Å²) in [5.74, 6) is -1.00. The lowest BCUT2D eigenvalue weighted by molar-refractivity contribution is 0.951. The number of aromatic nitrogens is 5. The van der Waals surface area contributed by atoms with Crippen molar-refractivity contribution in [3.63, 3.8) is 0 Å². The molecule has 5 nitrogen and oxygen atoms in total. The molecule has 0 amide bonds. The molecule has 5 heteroatoms. The van der Waals surface area contributed by atoms with Gasteiger partial charge in [0.05, 0.1) is 76.0 Å². The van der Waals surface area contributed by atoms with Crippen LogP contribution in [0.15, 0.2) is 169 Å². The molecule has 0 aliphatic carbocycles. The minimum atomic E-state index is -0.772. The lowest BCUT2D eigenvalue weighted by atomic mass is 10.1. The summed E-state index contributed by atoms with van der Waals surface area (Å²) in [6, 6.07) is -8.18. The summed E-state index contributed by atoms with van der Waals surface area (Å²) >= 11 is 0. The summed E-state index contributed by atoms with van der Waals surface area (Å²) in [6.07, 6.45) is 0. The number of rotatable bonds is 4. The largest absolute Gasteiger partial charge is 0.309 e. The second-order valence-electron chi connectivity index (χ2n) is 11.8. The maximum absolute atomic E-state index is 9.37. The van der Waals surface area contributed by atoms with Gasteiger partial charge >= 0.3 is 0 Å². The fraction of sp³-hybridized carbons (Fsp3) is 0.0213. The molecule has 0 aliphatic rings. The van der Waals surface area contributed by atoms with Gasteiger partial charge in [0.1, 0.15) is 5.82 Å². The highest BCUT2D eigenvalue weighted by molar-refractivity contribution is 6.11. The van der Waals surface area contributed by atoms with E-state index in [0.29, 0.717) is 0 Å². The van der Waals surface area contributed by atoms with Crippen LogP contribution in [0.3, 0.4) is 0 Å². The van der Waals surface area contributed by atoms with Crippen molar-refractivity contribution in [3.8, 4) is 28.7 Å². The van der Waals surface area contributed by atoms with Crippen LogP contribution in [0.1, 0.15) is 37.1 Å². The molecule has 244 valence electrons. The maximum Gasteiger partial charge on any atom is 0.237 e. The van der Waals surface area contributed by atoms with Gasteiger partial charge in [-0.3, -0.25) is 9.13 Å². The zero-order valence-electron chi connectivity index (χ0n) is 49.6. The third-order valence-corrected chi connectivity index (χ3v) is 8.90. The van der Waals surface area contributed by atoms with E-state index in [1.54, 1.807) is 0 Å². The average molecular weight is 689 g/mol. The number of nitrogens with zero attached hydrogens (tertiary/aromatic N) is 5. The van der Waals surface area contributed by atoms with Gasteiger partial charge in [0.15, 0.2) is 0 Å². The molecule has 0 fully saturated rings. The van der Waals surface area contributed by atoms with Crippen molar-refractivity contribution in [3.05, 3.63) is 175 Å². The van der Waals surface area contributed by atoms with Gasteiger partial charge in [-0.25, -0.2) is 4.98 Å². The Balaban J connectivity index is 1.41. The van der Waals surface area contributed by atoms with Crippen LogP contribution < -0.4 is 0 Å². The summed E-state index contributed by atoms with van der Waals surface area (Å²) in [4.78, 5) is 9.81. The van der Waals surface area contributed by atoms with E-state index in [1.165, 1.54) is 41.8 Å². The molecule has 0 bridgehead atoms. The number of fused-ring (bicyclic) bond motifs is 9. The fourth-order valence-corrected chi connectivity index (χ4v) is 6.78. The topological polar surface area (TPSA) is 40.6 Å². The second kappa shape index (κ2) is 11.0. The van der Waals surface area contributed by atoms with Crippen LogP contribution in [0, 0.1) is 6.92 Å². The molecule has 0 aliphatic heterocycles. The first kappa shape index (κ1) is 14.3. The Labute approximate surface area is 331 Å². The first-order chi connectivity index (χ1) is 35.3. The summed E-state index contributed by atoms with van der Waals surface area (Å²) in [5, 5.41) is -1.66.